The number of rotatable bonds is 2. The lowest BCUT2D eigenvalue weighted by molar-refractivity contribution is 0.162. The predicted molar refractivity (Wildman–Crippen MR) is 102 cm³/mol. The molecule has 2 aliphatic carbocycles. The molecule has 26 heavy (non-hydrogen) atoms. The van der Waals surface area contributed by atoms with Crippen LogP contribution in [0.25, 0.3) is 0 Å². The second kappa shape index (κ2) is 6.81. The number of allylic oxidation sites excluding steroid dienone is 1. The lowest BCUT2D eigenvalue weighted by atomic mass is 9.63. The molecular formula is C23H26O3. The molecule has 0 aromatic heterocycles. The first kappa shape index (κ1) is 17.2. The van der Waals surface area contributed by atoms with E-state index in [9.17, 15) is 15.3 Å². The van der Waals surface area contributed by atoms with Crippen molar-refractivity contribution < 1.29 is 15.3 Å². The summed E-state index contributed by atoms with van der Waals surface area (Å²) in [4.78, 5) is 0. The zero-order valence-electron chi connectivity index (χ0n) is 15.1. The van der Waals surface area contributed by atoms with E-state index in [0.717, 1.165) is 25.7 Å². The first-order valence-corrected chi connectivity index (χ1v) is 9.54. The fourth-order valence-corrected chi connectivity index (χ4v) is 4.92. The average molecular weight is 350 g/mol. The van der Waals surface area contributed by atoms with Crippen LogP contribution < -0.4 is 0 Å². The van der Waals surface area contributed by atoms with Gasteiger partial charge >= 0.3 is 0 Å². The van der Waals surface area contributed by atoms with Crippen LogP contribution in [0.15, 0.2) is 59.7 Å². The quantitative estimate of drug-likeness (QED) is 0.679. The van der Waals surface area contributed by atoms with Crippen molar-refractivity contribution in [2.75, 3.05) is 0 Å². The van der Waals surface area contributed by atoms with Crippen molar-refractivity contribution in [3.05, 3.63) is 70.8 Å². The Kier molecular flexibility index (Phi) is 4.49. The molecule has 2 aromatic rings. The summed E-state index contributed by atoms with van der Waals surface area (Å²) in [6.45, 7) is 2.23. The van der Waals surface area contributed by atoms with E-state index in [2.05, 4.69) is 6.92 Å². The van der Waals surface area contributed by atoms with Crippen LogP contribution in [0.1, 0.15) is 55.6 Å². The monoisotopic (exact) mass is 350 g/mol. The van der Waals surface area contributed by atoms with Crippen LogP contribution >= 0.6 is 0 Å². The van der Waals surface area contributed by atoms with Crippen LogP contribution in [0.2, 0.25) is 0 Å². The molecule has 4 rings (SSSR count). The largest absolute Gasteiger partial charge is 0.508 e. The lowest BCUT2D eigenvalue weighted by Crippen LogP contribution is -2.32. The van der Waals surface area contributed by atoms with Crippen LogP contribution in [0.5, 0.6) is 11.5 Å². The van der Waals surface area contributed by atoms with Crippen molar-refractivity contribution in [3.8, 4) is 11.5 Å². The maximum Gasteiger partial charge on any atom is 0.115 e. The molecule has 4 unspecified atom stereocenters. The number of benzene rings is 2. The van der Waals surface area contributed by atoms with Crippen molar-refractivity contribution in [1.29, 1.82) is 0 Å². The Morgan fingerprint density at radius 3 is 1.62 bits per heavy atom. The summed E-state index contributed by atoms with van der Waals surface area (Å²) in [7, 11) is 0. The summed E-state index contributed by atoms with van der Waals surface area (Å²) in [6, 6.07) is 15.0. The number of phenols is 2. The number of hydrogen-bond donors (Lipinski definition) is 3. The van der Waals surface area contributed by atoms with Gasteiger partial charge in [0.15, 0.2) is 0 Å². The highest BCUT2D eigenvalue weighted by Crippen LogP contribution is 2.52. The standard InChI is InChI=1S/C23H26O3/c1-14-2-11-19(15-3-7-17(24)8-4-15)23-20(12-13-21(26)22(14)23)16-5-9-18(25)10-6-16/h3-10,14,19-21,24-26H,2,11-13H2,1H3. The third kappa shape index (κ3) is 3.01. The van der Waals surface area contributed by atoms with Gasteiger partial charge in [0.2, 0.25) is 0 Å². The van der Waals surface area contributed by atoms with E-state index in [-0.39, 0.29) is 29.4 Å². The molecule has 3 N–H and O–H groups in total. The highest BCUT2D eigenvalue weighted by atomic mass is 16.3. The summed E-state index contributed by atoms with van der Waals surface area (Å²) >= 11 is 0. The third-order valence-electron chi connectivity index (χ3n) is 6.18. The molecule has 0 radical (unpaired) electrons. The first-order chi connectivity index (χ1) is 12.5. The summed E-state index contributed by atoms with van der Waals surface area (Å²) in [5.74, 6) is 1.51. The molecule has 2 aliphatic rings. The van der Waals surface area contributed by atoms with E-state index in [1.165, 1.54) is 22.3 Å². The highest BCUT2D eigenvalue weighted by Gasteiger charge is 2.39. The van der Waals surface area contributed by atoms with Gasteiger partial charge in [-0.25, -0.2) is 0 Å². The minimum Gasteiger partial charge on any atom is -0.508 e. The van der Waals surface area contributed by atoms with Gasteiger partial charge in [0.1, 0.15) is 11.5 Å². The van der Waals surface area contributed by atoms with E-state index < -0.39 is 0 Å². The van der Waals surface area contributed by atoms with Crippen LogP contribution in [0.4, 0.5) is 0 Å². The predicted octanol–water partition coefficient (Wildman–Crippen LogP) is 4.85. The first-order valence-electron chi connectivity index (χ1n) is 9.54. The minimum absolute atomic E-state index is 0.274. The van der Waals surface area contributed by atoms with E-state index in [1.807, 2.05) is 24.3 Å². The van der Waals surface area contributed by atoms with Crippen molar-refractivity contribution >= 4 is 0 Å². The SMILES string of the molecule is CC1CCC(c2ccc(O)cc2)C2=C1C(O)CCC2c1ccc(O)cc1. The molecule has 0 bridgehead atoms. The number of aromatic hydroxyl groups is 2. The number of phenolic OH excluding ortho intramolecular Hbond substituents is 2. The fraction of sp³-hybridized carbons (Fsp3) is 0.391. The molecule has 0 saturated carbocycles. The Bertz CT molecular complexity index is 737. The minimum atomic E-state index is -0.353. The highest BCUT2D eigenvalue weighted by molar-refractivity contribution is 5.46. The summed E-state index contributed by atoms with van der Waals surface area (Å²) in [5.41, 5.74) is 5.00. The summed E-state index contributed by atoms with van der Waals surface area (Å²) < 4.78 is 0. The maximum atomic E-state index is 10.8. The van der Waals surface area contributed by atoms with Crippen LogP contribution in [-0.2, 0) is 0 Å². The van der Waals surface area contributed by atoms with Crippen LogP contribution in [0.3, 0.4) is 0 Å². The summed E-state index contributed by atoms with van der Waals surface area (Å²) in [5, 5.41) is 30.1. The number of aliphatic hydroxyl groups excluding tert-OH is 1. The van der Waals surface area contributed by atoms with Gasteiger partial charge in [-0.3, -0.25) is 0 Å². The molecule has 0 spiro atoms. The molecular weight excluding hydrogens is 324 g/mol. The molecule has 0 saturated heterocycles. The van der Waals surface area contributed by atoms with Crippen molar-refractivity contribution in [1.82, 2.24) is 0 Å². The smallest absolute Gasteiger partial charge is 0.115 e. The molecule has 0 fully saturated rings. The maximum absolute atomic E-state index is 10.8. The van der Waals surface area contributed by atoms with Gasteiger partial charge in [0, 0.05) is 11.8 Å². The Labute approximate surface area is 154 Å². The molecule has 2 aromatic carbocycles. The van der Waals surface area contributed by atoms with E-state index in [0.29, 0.717) is 5.92 Å². The number of aliphatic hydroxyl groups is 1. The second-order valence-corrected chi connectivity index (χ2v) is 7.77. The Hall–Kier alpha value is -2.26. The van der Waals surface area contributed by atoms with Crippen LogP contribution in [0, 0.1) is 5.92 Å². The van der Waals surface area contributed by atoms with Gasteiger partial charge in [0.05, 0.1) is 6.10 Å². The zero-order valence-corrected chi connectivity index (χ0v) is 15.1. The lowest BCUT2D eigenvalue weighted by Gasteiger charge is -2.42. The molecule has 0 amide bonds. The number of hydrogen-bond acceptors (Lipinski definition) is 3. The van der Waals surface area contributed by atoms with E-state index in [1.54, 1.807) is 24.3 Å². The Morgan fingerprint density at radius 1 is 0.654 bits per heavy atom. The molecule has 136 valence electrons. The third-order valence-corrected chi connectivity index (χ3v) is 6.18. The topological polar surface area (TPSA) is 60.7 Å². The molecule has 0 aliphatic heterocycles. The van der Waals surface area contributed by atoms with Gasteiger partial charge in [-0.15, -0.1) is 0 Å². The van der Waals surface area contributed by atoms with Gasteiger partial charge in [-0.2, -0.15) is 0 Å². The zero-order chi connectivity index (χ0) is 18.3. The fourth-order valence-electron chi connectivity index (χ4n) is 4.92. The van der Waals surface area contributed by atoms with E-state index >= 15 is 0 Å². The van der Waals surface area contributed by atoms with Crippen molar-refractivity contribution in [2.45, 2.75) is 50.5 Å². The normalized spacial score (nSPS) is 28.7. The van der Waals surface area contributed by atoms with Crippen LogP contribution in [-0.4, -0.2) is 21.4 Å². The van der Waals surface area contributed by atoms with Crippen molar-refractivity contribution in [3.63, 3.8) is 0 Å². The Balaban J connectivity index is 1.83. The van der Waals surface area contributed by atoms with Gasteiger partial charge in [-0.1, -0.05) is 36.8 Å². The van der Waals surface area contributed by atoms with Gasteiger partial charge in [-0.05, 0) is 72.6 Å². The second-order valence-electron chi connectivity index (χ2n) is 7.77. The Morgan fingerprint density at radius 2 is 1.12 bits per heavy atom. The van der Waals surface area contributed by atoms with Gasteiger partial charge in [0.25, 0.3) is 0 Å². The van der Waals surface area contributed by atoms with Crippen molar-refractivity contribution in [2.24, 2.45) is 5.92 Å². The molecule has 3 nitrogen and oxygen atoms in total. The van der Waals surface area contributed by atoms with E-state index in [4.69, 9.17) is 0 Å². The molecule has 3 heteroatoms. The average Bonchev–Trinajstić information content (AvgIpc) is 2.64. The van der Waals surface area contributed by atoms with Gasteiger partial charge < -0.3 is 15.3 Å². The summed E-state index contributed by atoms with van der Waals surface area (Å²) in [6.07, 6.45) is 3.49. The molecule has 0 heterocycles. The molecule has 4 atom stereocenters.